The first-order valence-corrected chi connectivity index (χ1v) is 9.03. The van der Waals surface area contributed by atoms with Gasteiger partial charge in [-0.3, -0.25) is 4.79 Å². The molecule has 1 aromatic heterocycles. The summed E-state index contributed by atoms with van der Waals surface area (Å²) < 4.78 is 57.3. The van der Waals surface area contributed by atoms with Crippen LogP contribution >= 0.6 is 0 Å². The summed E-state index contributed by atoms with van der Waals surface area (Å²) in [6.45, 7) is 3.82. The van der Waals surface area contributed by atoms with Gasteiger partial charge in [-0.25, -0.2) is 22.9 Å². The fraction of sp³-hybridized carbons (Fsp3) is 0.500. The lowest BCUT2D eigenvalue weighted by atomic mass is 10.1. The van der Waals surface area contributed by atoms with Gasteiger partial charge in [0.1, 0.15) is 12.6 Å². The van der Waals surface area contributed by atoms with Crippen LogP contribution in [0.2, 0.25) is 0 Å². The third-order valence-electron chi connectivity index (χ3n) is 4.98. The van der Waals surface area contributed by atoms with E-state index < -0.39 is 31.0 Å². The molecule has 156 valence electrons. The summed E-state index contributed by atoms with van der Waals surface area (Å²) in [6, 6.07) is -0.301. The van der Waals surface area contributed by atoms with E-state index in [9.17, 15) is 18.4 Å². The number of carbonyl (C=O) groups excluding carboxylic acids is 2. The van der Waals surface area contributed by atoms with Gasteiger partial charge >= 0.3 is 6.09 Å². The molecule has 3 atom stereocenters. The van der Waals surface area contributed by atoms with Crippen molar-refractivity contribution in [2.75, 3.05) is 29.5 Å². The van der Waals surface area contributed by atoms with Gasteiger partial charge in [0.2, 0.25) is 5.58 Å². The summed E-state index contributed by atoms with van der Waals surface area (Å²) in [7, 11) is 0. The molecule has 8 nitrogen and oxygen atoms in total. The lowest BCUT2D eigenvalue weighted by molar-refractivity contribution is -0.00543. The third kappa shape index (κ3) is 3.18. The number of hydrogen-bond donors (Lipinski definition) is 0. The Bertz CT molecular complexity index is 956. The van der Waals surface area contributed by atoms with Gasteiger partial charge in [-0.05, 0) is 19.9 Å². The second-order valence-electron chi connectivity index (χ2n) is 7.14. The number of halogens is 3. The molecule has 1 amide bonds. The molecule has 0 saturated carbocycles. The zero-order chi connectivity index (χ0) is 20.9. The maximum atomic E-state index is 15.4. The van der Waals surface area contributed by atoms with E-state index in [1.54, 1.807) is 4.90 Å². The first-order chi connectivity index (χ1) is 13.8. The summed E-state index contributed by atoms with van der Waals surface area (Å²) in [6.07, 6.45) is -3.86. The van der Waals surface area contributed by atoms with Crippen LogP contribution in [0.1, 0.15) is 24.2 Å². The molecule has 0 aliphatic carbocycles. The molecule has 2 fully saturated rings. The molecule has 0 radical (unpaired) electrons. The van der Waals surface area contributed by atoms with E-state index >= 15 is 4.39 Å². The number of benzene rings is 1. The van der Waals surface area contributed by atoms with Crippen molar-refractivity contribution in [1.82, 2.24) is 5.16 Å². The first kappa shape index (κ1) is 19.5. The second kappa shape index (κ2) is 7.21. The van der Waals surface area contributed by atoms with Crippen molar-refractivity contribution >= 4 is 34.9 Å². The van der Waals surface area contributed by atoms with Crippen molar-refractivity contribution < 1.29 is 36.8 Å². The number of amides is 1. The molecule has 2 aliphatic heterocycles. The van der Waals surface area contributed by atoms with E-state index in [0.717, 1.165) is 0 Å². The van der Waals surface area contributed by atoms with Gasteiger partial charge in [-0.15, -0.1) is 0 Å². The summed E-state index contributed by atoms with van der Waals surface area (Å²) >= 11 is 0. The van der Waals surface area contributed by atoms with E-state index in [1.165, 1.54) is 6.07 Å². The number of ether oxygens (including phenoxy) is 2. The highest BCUT2D eigenvalue weighted by Gasteiger charge is 2.43. The van der Waals surface area contributed by atoms with Crippen LogP contribution in [0.4, 0.5) is 29.5 Å². The Morgan fingerprint density at radius 1 is 1.28 bits per heavy atom. The number of carbonyl (C=O) groups is 2. The molecule has 1 aromatic carbocycles. The van der Waals surface area contributed by atoms with E-state index in [-0.39, 0.29) is 40.2 Å². The number of hydrogen-bond acceptors (Lipinski definition) is 7. The predicted molar refractivity (Wildman–Crippen MR) is 95.2 cm³/mol. The normalized spacial score (nSPS) is 25.2. The molecule has 4 rings (SSSR count). The first-order valence-electron chi connectivity index (χ1n) is 9.03. The number of aldehydes is 1. The lowest BCUT2D eigenvalue weighted by Crippen LogP contribution is -2.46. The minimum atomic E-state index is -2.90. The molecule has 2 saturated heterocycles. The van der Waals surface area contributed by atoms with Crippen molar-refractivity contribution in [3.05, 3.63) is 17.4 Å². The Morgan fingerprint density at radius 3 is 2.59 bits per heavy atom. The quantitative estimate of drug-likeness (QED) is 0.713. The summed E-state index contributed by atoms with van der Waals surface area (Å²) in [5, 5.41) is 3.57. The fourth-order valence-corrected chi connectivity index (χ4v) is 3.85. The molecule has 2 aromatic rings. The Labute approximate surface area is 163 Å². The second-order valence-corrected chi connectivity index (χ2v) is 7.14. The van der Waals surface area contributed by atoms with Crippen LogP contribution in [0.3, 0.4) is 0 Å². The Hall–Kier alpha value is -2.82. The van der Waals surface area contributed by atoms with Gasteiger partial charge in [0.05, 0.1) is 23.3 Å². The molecule has 0 N–H and O–H groups in total. The van der Waals surface area contributed by atoms with E-state index in [0.29, 0.717) is 24.3 Å². The van der Waals surface area contributed by atoms with Crippen molar-refractivity contribution in [3.8, 4) is 0 Å². The van der Waals surface area contributed by atoms with E-state index in [2.05, 4.69) is 9.89 Å². The third-order valence-corrected chi connectivity index (χ3v) is 4.98. The van der Waals surface area contributed by atoms with Crippen LogP contribution in [-0.4, -0.2) is 61.9 Å². The average molecular weight is 413 g/mol. The van der Waals surface area contributed by atoms with E-state index in [4.69, 9.17) is 9.26 Å². The number of fused-ring (bicyclic) bond motifs is 1. The van der Waals surface area contributed by atoms with Crippen LogP contribution in [0.15, 0.2) is 10.6 Å². The van der Waals surface area contributed by atoms with Crippen molar-refractivity contribution in [1.29, 1.82) is 0 Å². The maximum Gasteiger partial charge on any atom is 0.416 e. The van der Waals surface area contributed by atoms with Gasteiger partial charge in [0.25, 0.3) is 6.43 Å². The molecular weight excluding hydrogens is 395 g/mol. The van der Waals surface area contributed by atoms with Crippen LogP contribution in [0.25, 0.3) is 11.0 Å². The van der Waals surface area contributed by atoms with Crippen LogP contribution in [0.5, 0.6) is 0 Å². The van der Waals surface area contributed by atoms with Crippen molar-refractivity contribution in [2.45, 2.75) is 38.5 Å². The van der Waals surface area contributed by atoms with Gasteiger partial charge in [0, 0.05) is 18.7 Å². The number of rotatable bonds is 4. The van der Waals surface area contributed by atoms with E-state index in [1.807, 2.05) is 13.8 Å². The Balaban J connectivity index is 1.83. The lowest BCUT2D eigenvalue weighted by Gasteiger charge is -2.37. The summed E-state index contributed by atoms with van der Waals surface area (Å²) in [4.78, 5) is 26.0. The molecule has 3 heterocycles. The highest BCUT2D eigenvalue weighted by atomic mass is 19.3. The minimum Gasteiger partial charge on any atom is -0.447 e. The number of morpholine rings is 1. The number of aromatic nitrogens is 1. The molecular formula is C18H18F3N3O5. The monoisotopic (exact) mass is 413 g/mol. The van der Waals surface area contributed by atoms with Gasteiger partial charge in [-0.2, -0.15) is 0 Å². The van der Waals surface area contributed by atoms with Crippen LogP contribution < -0.4 is 9.80 Å². The average Bonchev–Trinajstić information content (AvgIpc) is 3.23. The van der Waals surface area contributed by atoms with Crippen LogP contribution in [0, 0.1) is 5.82 Å². The van der Waals surface area contributed by atoms with Gasteiger partial charge in [0.15, 0.2) is 17.9 Å². The molecule has 0 bridgehead atoms. The number of cyclic esters (lactones) is 1. The summed E-state index contributed by atoms with van der Waals surface area (Å²) in [5.74, 6) is -1.17. The number of anilines is 2. The van der Waals surface area contributed by atoms with Gasteiger partial charge in [-0.1, -0.05) is 5.16 Å². The molecule has 2 aliphatic rings. The minimum absolute atomic E-state index is 0.0121. The Kier molecular flexibility index (Phi) is 4.85. The standard InChI is InChI=1S/C18H18F3N3O5/c1-8-4-23(5-9(2)28-8)14-10(6-25)3-11-15(13(14)19)29-22-17(11)24-12(16(20)21)7-27-18(24)26/h3,6,8-9,12,16H,4-5,7H2,1-2H3/t8-,9-,12-/m1/s1. The SMILES string of the molecule is C[C@@H]1CN(c2c(C=O)cc3c(N4C(=O)OC[C@@H]4C(F)F)noc3c2F)C[C@@H](C)O1. The van der Waals surface area contributed by atoms with Gasteiger partial charge < -0.3 is 18.9 Å². The number of alkyl halides is 2. The predicted octanol–water partition coefficient (Wildman–Crippen LogP) is 2.98. The van der Waals surface area contributed by atoms with Crippen molar-refractivity contribution in [2.24, 2.45) is 0 Å². The largest absolute Gasteiger partial charge is 0.447 e. The highest BCUT2D eigenvalue weighted by molar-refractivity contribution is 6.03. The Morgan fingerprint density at radius 2 is 1.97 bits per heavy atom. The topological polar surface area (TPSA) is 85.1 Å². The number of nitrogens with zero attached hydrogens (tertiary/aromatic N) is 3. The molecule has 0 spiro atoms. The molecule has 11 heteroatoms. The van der Waals surface area contributed by atoms with Crippen molar-refractivity contribution in [3.63, 3.8) is 0 Å². The molecule has 29 heavy (non-hydrogen) atoms. The summed E-state index contributed by atoms with van der Waals surface area (Å²) in [5.41, 5.74) is -0.325. The fourth-order valence-electron chi connectivity index (χ4n) is 3.85. The van der Waals surface area contributed by atoms with Crippen LogP contribution in [-0.2, 0) is 9.47 Å². The highest BCUT2D eigenvalue weighted by Crippen LogP contribution is 2.38. The maximum absolute atomic E-state index is 15.4. The zero-order valence-corrected chi connectivity index (χ0v) is 15.6. The molecule has 0 unspecified atom stereocenters. The smallest absolute Gasteiger partial charge is 0.416 e. The zero-order valence-electron chi connectivity index (χ0n) is 15.6.